The van der Waals surface area contributed by atoms with E-state index in [2.05, 4.69) is 9.71 Å². The molecule has 1 aliphatic rings. The number of carboxylic acids is 1. The standard InChI is InChI=1S/C13H18N2O5S/c1-13(4-6-20-7-5-13)9-15-21(18,19)11-3-2-10(8-14-11)12(16)17/h2-3,8,15H,4-7,9H2,1H3,(H,16,17). The van der Waals surface area contributed by atoms with Crippen molar-refractivity contribution in [3.63, 3.8) is 0 Å². The van der Waals surface area contributed by atoms with Crippen molar-refractivity contribution in [3.8, 4) is 0 Å². The van der Waals surface area contributed by atoms with Crippen LogP contribution in [0.4, 0.5) is 0 Å². The molecule has 0 spiro atoms. The summed E-state index contributed by atoms with van der Waals surface area (Å²) in [4.78, 5) is 14.4. The summed E-state index contributed by atoms with van der Waals surface area (Å²) in [6.07, 6.45) is 2.62. The molecule has 0 radical (unpaired) electrons. The number of hydrogen-bond donors (Lipinski definition) is 2. The van der Waals surface area contributed by atoms with Crippen molar-refractivity contribution >= 4 is 16.0 Å². The SMILES string of the molecule is CC1(CNS(=O)(=O)c2ccc(C(=O)O)cn2)CCOCC1. The first-order valence-corrected chi connectivity index (χ1v) is 8.08. The van der Waals surface area contributed by atoms with Gasteiger partial charge in [0.2, 0.25) is 0 Å². The average Bonchev–Trinajstić information content (AvgIpc) is 2.46. The third kappa shape index (κ3) is 3.99. The summed E-state index contributed by atoms with van der Waals surface area (Å²) in [5.74, 6) is -1.14. The van der Waals surface area contributed by atoms with Gasteiger partial charge in [0.15, 0.2) is 5.03 Å². The van der Waals surface area contributed by atoms with Crippen LogP contribution in [0.5, 0.6) is 0 Å². The molecule has 1 aliphatic heterocycles. The summed E-state index contributed by atoms with van der Waals surface area (Å²) < 4.78 is 32.1. The van der Waals surface area contributed by atoms with Crippen LogP contribution in [0.1, 0.15) is 30.1 Å². The number of carboxylic acid groups (broad SMARTS) is 1. The second-order valence-corrected chi connectivity index (χ2v) is 7.15. The van der Waals surface area contributed by atoms with E-state index in [1.54, 1.807) is 0 Å². The first-order valence-electron chi connectivity index (χ1n) is 6.59. The summed E-state index contributed by atoms with van der Waals surface area (Å²) in [6.45, 7) is 3.58. The smallest absolute Gasteiger partial charge is 0.337 e. The minimum atomic E-state index is -3.74. The molecule has 1 saturated heterocycles. The molecule has 0 bridgehead atoms. The highest BCUT2D eigenvalue weighted by molar-refractivity contribution is 7.89. The lowest BCUT2D eigenvalue weighted by atomic mass is 9.83. The van der Waals surface area contributed by atoms with Gasteiger partial charge in [0.1, 0.15) is 0 Å². The monoisotopic (exact) mass is 314 g/mol. The van der Waals surface area contributed by atoms with Gasteiger partial charge in [-0.2, -0.15) is 0 Å². The lowest BCUT2D eigenvalue weighted by Gasteiger charge is -2.33. The lowest BCUT2D eigenvalue weighted by molar-refractivity contribution is 0.0264. The normalized spacial score (nSPS) is 18.3. The van der Waals surface area contributed by atoms with Crippen LogP contribution in [-0.2, 0) is 14.8 Å². The number of pyridine rings is 1. The van der Waals surface area contributed by atoms with Crippen molar-refractivity contribution in [2.45, 2.75) is 24.8 Å². The zero-order valence-electron chi connectivity index (χ0n) is 11.7. The molecular weight excluding hydrogens is 296 g/mol. The fraction of sp³-hybridized carbons (Fsp3) is 0.538. The van der Waals surface area contributed by atoms with Crippen LogP contribution in [0.25, 0.3) is 0 Å². The van der Waals surface area contributed by atoms with Crippen molar-refractivity contribution < 1.29 is 23.1 Å². The number of nitrogens with zero attached hydrogens (tertiary/aromatic N) is 1. The molecule has 8 heteroatoms. The topological polar surface area (TPSA) is 106 Å². The van der Waals surface area contributed by atoms with Crippen LogP contribution in [0.3, 0.4) is 0 Å². The number of rotatable bonds is 5. The molecule has 0 unspecified atom stereocenters. The minimum Gasteiger partial charge on any atom is -0.478 e. The van der Waals surface area contributed by atoms with Gasteiger partial charge in [-0.1, -0.05) is 6.92 Å². The molecule has 2 N–H and O–H groups in total. The van der Waals surface area contributed by atoms with Crippen LogP contribution in [0, 0.1) is 5.41 Å². The number of hydrogen-bond acceptors (Lipinski definition) is 5. The van der Waals surface area contributed by atoms with Crippen LogP contribution >= 0.6 is 0 Å². The molecule has 1 aromatic rings. The Bertz CT molecular complexity index is 606. The van der Waals surface area contributed by atoms with Crippen LogP contribution in [0.2, 0.25) is 0 Å². The van der Waals surface area contributed by atoms with Crippen molar-refractivity contribution in [1.29, 1.82) is 0 Å². The maximum Gasteiger partial charge on any atom is 0.337 e. The predicted molar refractivity (Wildman–Crippen MR) is 74.5 cm³/mol. The van der Waals surface area contributed by atoms with E-state index in [1.807, 2.05) is 6.92 Å². The van der Waals surface area contributed by atoms with Gasteiger partial charge in [-0.25, -0.2) is 22.9 Å². The Balaban J connectivity index is 2.05. The number of aromatic nitrogens is 1. The van der Waals surface area contributed by atoms with E-state index < -0.39 is 16.0 Å². The Morgan fingerprint density at radius 2 is 2.10 bits per heavy atom. The maximum atomic E-state index is 12.1. The van der Waals surface area contributed by atoms with E-state index in [4.69, 9.17) is 9.84 Å². The van der Waals surface area contributed by atoms with Crippen LogP contribution in [0.15, 0.2) is 23.4 Å². The molecule has 21 heavy (non-hydrogen) atoms. The fourth-order valence-electron chi connectivity index (χ4n) is 2.05. The van der Waals surface area contributed by atoms with Crippen molar-refractivity contribution in [2.24, 2.45) is 5.41 Å². The average molecular weight is 314 g/mol. The molecule has 0 atom stereocenters. The molecule has 0 amide bonds. The molecule has 0 aromatic carbocycles. The number of carbonyl (C=O) groups is 1. The molecule has 7 nitrogen and oxygen atoms in total. The van der Waals surface area contributed by atoms with Gasteiger partial charge in [0, 0.05) is 26.0 Å². The largest absolute Gasteiger partial charge is 0.478 e. The molecule has 2 heterocycles. The quantitative estimate of drug-likeness (QED) is 0.835. The van der Waals surface area contributed by atoms with E-state index in [-0.39, 0.29) is 16.0 Å². The van der Waals surface area contributed by atoms with Gasteiger partial charge in [-0.3, -0.25) is 0 Å². The zero-order chi connectivity index (χ0) is 15.5. The van der Waals surface area contributed by atoms with Crippen LogP contribution in [-0.4, -0.2) is 44.2 Å². The molecule has 2 rings (SSSR count). The molecule has 1 fully saturated rings. The summed E-state index contributed by atoms with van der Waals surface area (Å²) in [6, 6.07) is 2.41. The number of sulfonamides is 1. The summed E-state index contributed by atoms with van der Waals surface area (Å²) in [5.41, 5.74) is -0.183. The highest BCUT2D eigenvalue weighted by atomic mass is 32.2. The first-order chi connectivity index (χ1) is 9.82. The summed E-state index contributed by atoms with van der Waals surface area (Å²) in [7, 11) is -3.74. The van der Waals surface area contributed by atoms with Gasteiger partial charge in [0.05, 0.1) is 5.56 Å². The molecular formula is C13H18N2O5S. The van der Waals surface area contributed by atoms with Gasteiger partial charge in [0.25, 0.3) is 10.0 Å². The Morgan fingerprint density at radius 1 is 1.43 bits per heavy atom. The van der Waals surface area contributed by atoms with E-state index in [0.717, 1.165) is 19.0 Å². The van der Waals surface area contributed by atoms with E-state index in [1.165, 1.54) is 12.1 Å². The summed E-state index contributed by atoms with van der Waals surface area (Å²) in [5, 5.41) is 8.59. The maximum absolute atomic E-state index is 12.1. The van der Waals surface area contributed by atoms with Gasteiger partial charge >= 0.3 is 5.97 Å². The minimum absolute atomic E-state index is 0.0506. The number of ether oxygens (including phenoxy) is 1. The Morgan fingerprint density at radius 3 is 2.62 bits per heavy atom. The second kappa shape index (κ2) is 6.08. The van der Waals surface area contributed by atoms with E-state index in [0.29, 0.717) is 19.8 Å². The third-order valence-electron chi connectivity index (χ3n) is 3.65. The van der Waals surface area contributed by atoms with Gasteiger partial charge in [-0.15, -0.1) is 0 Å². The zero-order valence-corrected chi connectivity index (χ0v) is 12.5. The van der Waals surface area contributed by atoms with Gasteiger partial charge < -0.3 is 9.84 Å². The van der Waals surface area contributed by atoms with Crippen molar-refractivity contribution in [2.75, 3.05) is 19.8 Å². The summed E-state index contributed by atoms with van der Waals surface area (Å²) >= 11 is 0. The Hall–Kier alpha value is -1.51. The van der Waals surface area contributed by atoms with E-state index in [9.17, 15) is 13.2 Å². The Kier molecular flexibility index (Phi) is 4.60. The fourth-order valence-corrected chi connectivity index (χ4v) is 3.17. The first kappa shape index (κ1) is 15.9. The van der Waals surface area contributed by atoms with Crippen LogP contribution < -0.4 is 4.72 Å². The number of nitrogens with one attached hydrogen (secondary N) is 1. The third-order valence-corrected chi connectivity index (χ3v) is 4.96. The van der Waals surface area contributed by atoms with E-state index >= 15 is 0 Å². The molecule has 0 aliphatic carbocycles. The lowest BCUT2D eigenvalue weighted by Crippen LogP contribution is -2.39. The molecule has 0 saturated carbocycles. The highest BCUT2D eigenvalue weighted by Crippen LogP contribution is 2.29. The van der Waals surface area contributed by atoms with Crippen molar-refractivity contribution in [3.05, 3.63) is 23.9 Å². The Labute approximate surface area is 123 Å². The van der Waals surface area contributed by atoms with Gasteiger partial charge in [-0.05, 0) is 30.4 Å². The molecule has 116 valence electrons. The molecule has 1 aromatic heterocycles. The highest BCUT2D eigenvalue weighted by Gasteiger charge is 2.29. The number of aromatic carboxylic acids is 1. The predicted octanol–water partition coefficient (Wildman–Crippen LogP) is 0.875. The second-order valence-electron chi connectivity index (χ2n) is 5.44. The van der Waals surface area contributed by atoms with Crippen molar-refractivity contribution in [1.82, 2.24) is 9.71 Å².